The first kappa shape index (κ1) is 17.6. The maximum atomic E-state index is 12.0. The molecule has 0 fully saturated rings. The number of amides is 2. The molecule has 0 radical (unpaired) electrons. The van der Waals surface area contributed by atoms with E-state index in [1.807, 2.05) is 0 Å². The Labute approximate surface area is 131 Å². The second kappa shape index (κ2) is 7.53. The highest BCUT2D eigenvalue weighted by Gasteiger charge is 2.18. The summed E-state index contributed by atoms with van der Waals surface area (Å²) in [4.78, 5) is 24.2. The molecule has 0 bridgehead atoms. The SMILES string of the molecule is CN(C)C(=O)CNC(=O)CNS(=O)(=O)c1ccccc1Br. The molecule has 0 spiro atoms. The normalized spacial score (nSPS) is 11.0. The van der Waals surface area contributed by atoms with Crippen LogP contribution in [0.4, 0.5) is 0 Å². The fraction of sp³-hybridized carbons (Fsp3) is 0.333. The van der Waals surface area contributed by atoms with Crippen molar-refractivity contribution in [3.8, 4) is 0 Å². The van der Waals surface area contributed by atoms with Gasteiger partial charge in [-0.1, -0.05) is 12.1 Å². The summed E-state index contributed by atoms with van der Waals surface area (Å²) in [6.07, 6.45) is 0. The summed E-state index contributed by atoms with van der Waals surface area (Å²) in [6.45, 7) is -0.618. The number of rotatable bonds is 6. The van der Waals surface area contributed by atoms with Crippen molar-refractivity contribution in [2.75, 3.05) is 27.2 Å². The zero-order valence-corrected chi connectivity index (χ0v) is 14.0. The predicted molar refractivity (Wildman–Crippen MR) is 81.0 cm³/mol. The average molecular weight is 378 g/mol. The molecule has 0 aliphatic carbocycles. The summed E-state index contributed by atoms with van der Waals surface area (Å²) in [5.41, 5.74) is 0. The molecule has 9 heteroatoms. The molecule has 0 atom stereocenters. The van der Waals surface area contributed by atoms with Crippen molar-refractivity contribution >= 4 is 37.8 Å². The van der Waals surface area contributed by atoms with Crippen molar-refractivity contribution in [3.05, 3.63) is 28.7 Å². The number of likely N-dealkylation sites (N-methyl/N-ethyl adjacent to an activating group) is 1. The third-order valence-corrected chi connectivity index (χ3v) is 4.90. The fourth-order valence-electron chi connectivity index (χ4n) is 1.30. The van der Waals surface area contributed by atoms with Crippen molar-refractivity contribution in [2.24, 2.45) is 0 Å². The zero-order valence-electron chi connectivity index (χ0n) is 11.6. The second-order valence-electron chi connectivity index (χ2n) is 4.32. The van der Waals surface area contributed by atoms with Gasteiger partial charge in [0.2, 0.25) is 21.8 Å². The van der Waals surface area contributed by atoms with E-state index >= 15 is 0 Å². The topological polar surface area (TPSA) is 95.6 Å². The van der Waals surface area contributed by atoms with Crippen LogP contribution in [0.25, 0.3) is 0 Å². The quantitative estimate of drug-likeness (QED) is 0.725. The van der Waals surface area contributed by atoms with E-state index in [0.29, 0.717) is 4.47 Å². The lowest BCUT2D eigenvalue weighted by Gasteiger charge is -2.11. The number of hydrogen-bond donors (Lipinski definition) is 2. The lowest BCUT2D eigenvalue weighted by molar-refractivity contribution is -0.130. The molecule has 2 N–H and O–H groups in total. The number of nitrogens with zero attached hydrogens (tertiary/aromatic N) is 1. The summed E-state index contributed by atoms with van der Waals surface area (Å²) in [6, 6.07) is 6.27. The van der Waals surface area contributed by atoms with E-state index in [2.05, 4.69) is 26.0 Å². The Morgan fingerprint density at radius 1 is 1.19 bits per heavy atom. The van der Waals surface area contributed by atoms with E-state index < -0.39 is 22.5 Å². The molecule has 0 heterocycles. The number of carbonyl (C=O) groups excluding carboxylic acids is 2. The third kappa shape index (κ3) is 5.44. The molecule has 7 nitrogen and oxygen atoms in total. The Kier molecular flexibility index (Phi) is 6.31. The Bertz CT molecular complexity index is 631. The van der Waals surface area contributed by atoms with Gasteiger partial charge in [-0.15, -0.1) is 0 Å². The van der Waals surface area contributed by atoms with Crippen LogP contribution in [0.1, 0.15) is 0 Å². The van der Waals surface area contributed by atoms with Gasteiger partial charge >= 0.3 is 0 Å². The highest BCUT2D eigenvalue weighted by molar-refractivity contribution is 9.10. The Hall–Kier alpha value is -1.45. The van der Waals surface area contributed by atoms with Gasteiger partial charge in [0.05, 0.1) is 18.0 Å². The van der Waals surface area contributed by atoms with Crippen molar-refractivity contribution in [1.29, 1.82) is 0 Å². The van der Waals surface area contributed by atoms with Crippen molar-refractivity contribution < 1.29 is 18.0 Å². The molecular weight excluding hydrogens is 362 g/mol. The Morgan fingerprint density at radius 2 is 1.81 bits per heavy atom. The predicted octanol–water partition coefficient (Wildman–Crippen LogP) is -0.0682. The smallest absolute Gasteiger partial charge is 0.242 e. The first-order valence-corrected chi connectivity index (χ1v) is 8.22. The molecule has 0 unspecified atom stereocenters. The van der Waals surface area contributed by atoms with Gasteiger partial charge in [0.25, 0.3) is 0 Å². The van der Waals surface area contributed by atoms with Crippen LogP contribution < -0.4 is 10.0 Å². The van der Waals surface area contributed by atoms with Crippen LogP contribution in [0.15, 0.2) is 33.6 Å². The molecule has 1 rings (SSSR count). The van der Waals surface area contributed by atoms with Crippen LogP contribution in [0, 0.1) is 0 Å². The molecule has 1 aromatic rings. The van der Waals surface area contributed by atoms with Gasteiger partial charge in [-0.2, -0.15) is 0 Å². The third-order valence-electron chi connectivity index (χ3n) is 2.48. The van der Waals surface area contributed by atoms with Gasteiger partial charge < -0.3 is 10.2 Å². The molecule has 21 heavy (non-hydrogen) atoms. The molecule has 0 aliphatic heterocycles. The number of carbonyl (C=O) groups is 2. The monoisotopic (exact) mass is 377 g/mol. The largest absolute Gasteiger partial charge is 0.347 e. The van der Waals surface area contributed by atoms with Gasteiger partial charge in [-0.25, -0.2) is 13.1 Å². The highest BCUT2D eigenvalue weighted by atomic mass is 79.9. The van der Waals surface area contributed by atoms with Crippen LogP contribution >= 0.6 is 15.9 Å². The number of nitrogens with one attached hydrogen (secondary N) is 2. The van der Waals surface area contributed by atoms with Gasteiger partial charge in [-0.05, 0) is 28.1 Å². The van der Waals surface area contributed by atoms with E-state index in [1.165, 1.54) is 11.0 Å². The van der Waals surface area contributed by atoms with Crippen LogP contribution in [0.2, 0.25) is 0 Å². The fourth-order valence-corrected chi connectivity index (χ4v) is 3.28. The van der Waals surface area contributed by atoms with E-state index in [9.17, 15) is 18.0 Å². The minimum absolute atomic E-state index is 0.0437. The van der Waals surface area contributed by atoms with Gasteiger partial charge in [0, 0.05) is 18.6 Å². The highest BCUT2D eigenvalue weighted by Crippen LogP contribution is 2.20. The van der Waals surface area contributed by atoms with Crippen LogP contribution in [-0.4, -0.2) is 52.3 Å². The van der Waals surface area contributed by atoms with Gasteiger partial charge in [-0.3, -0.25) is 9.59 Å². The maximum absolute atomic E-state index is 12.0. The molecule has 116 valence electrons. The van der Waals surface area contributed by atoms with E-state index in [-0.39, 0.29) is 17.3 Å². The summed E-state index contributed by atoms with van der Waals surface area (Å²) in [5.74, 6) is -0.863. The summed E-state index contributed by atoms with van der Waals surface area (Å²) < 4.78 is 26.6. The van der Waals surface area contributed by atoms with Crippen molar-refractivity contribution in [2.45, 2.75) is 4.90 Å². The lowest BCUT2D eigenvalue weighted by atomic mass is 10.4. The first-order chi connectivity index (χ1) is 9.74. The maximum Gasteiger partial charge on any atom is 0.242 e. The van der Waals surface area contributed by atoms with Crippen molar-refractivity contribution in [1.82, 2.24) is 14.9 Å². The number of halogens is 1. The lowest BCUT2D eigenvalue weighted by Crippen LogP contribution is -2.41. The minimum atomic E-state index is -3.79. The zero-order chi connectivity index (χ0) is 16.0. The molecule has 2 amide bonds. The van der Waals surface area contributed by atoms with E-state index in [4.69, 9.17) is 0 Å². The molecule has 0 aromatic heterocycles. The van der Waals surface area contributed by atoms with Crippen LogP contribution in [-0.2, 0) is 19.6 Å². The molecule has 0 saturated heterocycles. The van der Waals surface area contributed by atoms with Crippen LogP contribution in [0.3, 0.4) is 0 Å². The molecule has 0 saturated carbocycles. The van der Waals surface area contributed by atoms with E-state index in [0.717, 1.165) is 0 Å². The van der Waals surface area contributed by atoms with Crippen molar-refractivity contribution in [3.63, 3.8) is 0 Å². The van der Waals surface area contributed by atoms with Gasteiger partial charge in [0.1, 0.15) is 0 Å². The Morgan fingerprint density at radius 3 is 2.38 bits per heavy atom. The van der Waals surface area contributed by atoms with Crippen LogP contribution in [0.5, 0.6) is 0 Å². The number of sulfonamides is 1. The van der Waals surface area contributed by atoms with Gasteiger partial charge in [0.15, 0.2) is 0 Å². The summed E-state index contributed by atoms with van der Waals surface area (Å²) >= 11 is 3.13. The standard InChI is InChI=1S/C12H16BrN3O4S/c1-16(2)12(18)8-14-11(17)7-15-21(19,20)10-6-4-3-5-9(10)13/h3-6,15H,7-8H2,1-2H3,(H,14,17). The van der Waals surface area contributed by atoms with E-state index in [1.54, 1.807) is 32.3 Å². The molecular formula is C12H16BrN3O4S. The first-order valence-electron chi connectivity index (χ1n) is 5.95. The summed E-state index contributed by atoms with van der Waals surface area (Å²) in [5, 5.41) is 2.33. The number of hydrogen-bond acceptors (Lipinski definition) is 4. The Balaban J connectivity index is 2.57. The molecule has 0 aliphatic rings. The number of benzene rings is 1. The average Bonchev–Trinajstić information content (AvgIpc) is 2.42. The minimum Gasteiger partial charge on any atom is -0.347 e. The second-order valence-corrected chi connectivity index (χ2v) is 6.91. The molecule has 1 aromatic carbocycles. The summed E-state index contributed by atoms with van der Waals surface area (Å²) in [7, 11) is -0.675.